The maximum atomic E-state index is 13.3. The van der Waals surface area contributed by atoms with Crippen LogP contribution in [0.25, 0.3) is 0 Å². The monoisotopic (exact) mass is 423 g/mol. The predicted molar refractivity (Wildman–Crippen MR) is 114 cm³/mol. The van der Waals surface area contributed by atoms with Gasteiger partial charge in [0.15, 0.2) is 0 Å². The lowest BCUT2D eigenvalue weighted by molar-refractivity contribution is 0.0812. The first-order valence-corrected chi connectivity index (χ1v) is 11.2. The highest BCUT2D eigenvalue weighted by molar-refractivity contribution is 7.89. The first kappa shape index (κ1) is 23.6. The Kier molecular flexibility index (Phi) is 8.09. The van der Waals surface area contributed by atoms with Crippen molar-refractivity contribution in [1.29, 1.82) is 0 Å². The van der Waals surface area contributed by atoms with Crippen LogP contribution in [0.3, 0.4) is 0 Å². The fraction of sp³-hybridized carbons (Fsp3) is 0.619. The number of likely N-dealkylation sites (N-methyl/N-ethyl adjacent to an activating group) is 1. The molecule has 29 heavy (non-hydrogen) atoms. The lowest BCUT2D eigenvalue weighted by Gasteiger charge is -2.37. The van der Waals surface area contributed by atoms with E-state index in [0.29, 0.717) is 24.4 Å². The molecule has 0 fully saturated rings. The molecule has 3 atom stereocenters. The molecule has 162 valence electrons. The molecule has 0 spiro atoms. The van der Waals surface area contributed by atoms with Gasteiger partial charge < -0.3 is 14.7 Å². The summed E-state index contributed by atoms with van der Waals surface area (Å²) in [6, 6.07) is 4.45. The Labute approximate surface area is 175 Å². The molecule has 0 aliphatic carbocycles. The van der Waals surface area contributed by atoms with Gasteiger partial charge in [0, 0.05) is 30.6 Å². The molecule has 0 amide bonds. The Bertz CT molecular complexity index is 858. The maximum Gasteiger partial charge on any atom is 0.247 e. The molecule has 1 aromatic rings. The third-order valence-electron chi connectivity index (χ3n) is 4.84. The SMILES string of the molecule is C[C@@H]1CN([C@@H](C)CO)S(=O)(=O)c2ccc(C#CCN(C)C)cc2O[C@H]1CN(C)C. The van der Waals surface area contributed by atoms with Gasteiger partial charge in [0.25, 0.3) is 0 Å². The van der Waals surface area contributed by atoms with Crippen LogP contribution in [0.5, 0.6) is 5.75 Å². The van der Waals surface area contributed by atoms with E-state index in [1.807, 2.05) is 44.9 Å². The van der Waals surface area contributed by atoms with Gasteiger partial charge in [0.2, 0.25) is 10.0 Å². The van der Waals surface area contributed by atoms with Gasteiger partial charge in [0.1, 0.15) is 16.7 Å². The fourth-order valence-corrected chi connectivity index (χ4v) is 5.01. The molecule has 0 unspecified atom stereocenters. The van der Waals surface area contributed by atoms with Gasteiger partial charge in [0.05, 0.1) is 13.2 Å². The van der Waals surface area contributed by atoms with Crippen molar-refractivity contribution in [3.63, 3.8) is 0 Å². The van der Waals surface area contributed by atoms with Gasteiger partial charge in [-0.05, 0) is 53.3 Å². The summed E-state index contributed by atoms with van der Waals surface area (Å²) in [5, 5.41) is 9.65. The van der Waals surface area contributed by atoms with Crippen LogP contribution in [0.15, 0.2) is 23.1 Å². The average molecular weight is 424 g/mol. The van der Waals surface area contributed by atoms with E-state index in [9.17, 15) is 13.5 Å². The summed E-state index contributed by atoms with van der Waals surface area (Å²) in [4.78, 5) is 4.11. The minimum absolute atomic E-state index is 0.0576. The molecular formula is C21H33N3O4S. The third kappa shape index (κ3) is 5.93. The number of nitrogens with zero attached hydrogens (tertiary/aromatic N) is 3. The van der Waals surface area contributed by atoms with Crippen molar-refractivity contribution in [2.45, 2.75) is 30.9 Å². The lowest BCUT2D eigenvalue weighted by Crippen LogP contribution is -2.49. The summed E-state index contributed by atoms with van der Waals surface area (Å²) in [5.41, 5.74) is 0.708. The molecule has 1 heterocycles. The molecule has 0 saturated carbocycles. The van der Waals surface area contributed by atoms with Crippen molar-refractivity contribution in [3.05, 3.63) is 23.8 Å². The van der Waals surface area contributed by atoms with Gasteiger partial charge in [-0.2, -0.15) is 4.31 Å². The molecule has 0 radical (unpaired) electrons. The molecular weight excluding hydrogens is 390 g/mol. The molecule has 2 rings (SSSR count). The van der Waals surface area contributed by atoms with Gasteiger partial charge >= 0.3 is 0 Å². The Hall–Kier alpha value is -1.63. The van der Waals surface area contributed by atoms with E-state index in [0.717, 1.165) is 0 Å². The minimum Gasteiger partial charge on any atom is -0.487 e. The van der Waals surface area contributed by atoms with E-state index in [4.69, 9.17) is 4.74 Å². The molecule has 1 aliphatic rings. The number of hydrogen-bond acceptors (Lipinski definition) is 6. The molecule has 1 aromatic carbocycles. The second kappa shape index (κ2) is 9.92. The van der Waals surface area contributed by atoms with Crippen LogP contribution in [0.2, 0.25) is 0 Å². The van der Waals surface area contributed by atoms with Crippen molar-refractivity contribution < 1.29 is 18.3 Å². The van der Waals surface area contributed by atoms with Crippen LogP contribution >= 0.6 is 0 Å². The molecule has 1 N–H and O–H groups in total. The van der Waals surface area contributed by atoms with Crippen LogP contribution in [-0.2, 0) is 10.0 Å². The van der Waals surface area contributed by atoms with E-state index in [2.05, 4.69) is 11.8 Å². The molecule has 0 bridgehead atoms. The number of benzene rings is 1. The van der Waals surface area contributed by atoms with E-state index < -0.39 is 16.1 Å². The highest BCUT2D eigenvalue weighted by Crippen LogP contribution is 2.34. The molecule has 7 nitrogen and oxygen atoms in total. The highest BCUT2D eigenvalue weighted by Gasteiger charge is 2.37. The number of aliphatic hydroxyl groups excluding tert-OH is 1. The first-order chi connectivity index (χ1) is 13.6. The van der Waals surface area contributed by atoms with Crippen LogP contribution in [0.1, 0.15) is 19.4 Å². The van der Waals surface area contributed by atoms with Crippen molar-refractivity contribution in [2.75, 3.05) is 54.4 Å². The van der Waals surface area contributed by atoms with Gasteiger partial charge in [-0.3, -0.25) is 4.90 Å². The summed E-state index contributed by atoms with van der Waals surface area (Å²) in [6.45, 7) is 5.00. The highest BCUT2D eigenvalue weighted by atomic mass is 32.2. The first-order valence-electron chi connectivity index (χ1n) is 9.78. The Morgan fingerprint density at radius 2 is 1.97 bits per heavy atom. The lowest BCUT2D eigenvalue weighted by atomic mass is 10.0. The van der Waals surface area contributed by atoms with E-state index >= 15 is 0 Å². The average Bonchev–Trinajstić information content (AvgIpc) is 2.63. The summed E-state index contributed by atoms with van der Waals surface area (Å²) in [7, 11) is 3.99. The number of sulfonamides is 1. The van der Waals surface area contributed by atoms with Gasteiger partial charge in [-0.25, -0.2) is 8.42 Å². The maximum absolute atomic E-state index is 13.3. The zero-order chi connectivity index (χ0) is 21.8. The third-order valence-corrected chi connectivity index (χ3v) is 6.86. The standard InChI is InChI=1S/C21H33N3O4S/c1-16-13-24(17(2)15-25)29(26,27)21-10-9-18(8-7-11-22(3)4)12-19(21)28-20(16)14-23(5)6/h9-10,12,16-17,20,25H,11,13-15H2,1-6H3/t16-,17+,20+/m1/s1. The topological polar surface area (TPSA) is 73.3 Å². The van der Waals surface area contributed by atoms with Crippen LogP contribution < -0.4 is 4.74 Å². The van der Waals surface area contributed by atoms with Crippen molar-refractivity contribution in [3.8, 4) is 17.6 Å². The molecule has 1 aliphatic heterocycles. The molecule has 0 saturated heterocycles. The van der Waals surface area contributed by atoms with Crippen molar-refractivity contribution >= 4 is 10.0 Å². The Balaban J connectivity index is 2.56. The molecule has 0 aromatic heterocycles. The number of aliphatic hydroxyl groups is 1. The van der Waals surface area contributed by atoms with Crippen LogP contribution in [-0.4, -0.2) is 94.2 Å². The van der Waals surface area contributed by atoms with E-state index in [1.54, 1.807) is 25.1 Å². The Morgan fingerprint density at radius 1 is 1.28 bits per heavy atom. The number of hydrogen-bond donors (Lipinski definition) is 1. The van der Waals surface area contributed by atoms with Crippen LogP contribution in [0, 0.1) is 17.8 Å². The van der Waals surface area contributed by atoms with Gasteiger partial charge in [-0.1, -0.05) is 18.8 Å². The minimum atomic E-state index is -3.81. The summed E-state index contributed by atoms with van der Waals surface area (Å²) < 4.78 is 34.3. The van der Waals surface area contributed by atoms with Crippen molar-refractivity contribution in [1.82, 2.24) is 14.1 Å². The Morgan fingerprint density at radius 3 is 2.55 bits per heavy atom. The summed E-state index contributed by atoms with van der Waals surface area (Å²) >= 11 is 0. The number of rotatable bonds is 5. The zero-order valence-corrected chi connectivity index (χ0v) is 19.0. The largest absolute Gasteiger partial charge is 0.487 e. The van der Waals surface area contributed by atoms with Gasteiger partial charge in [-0.15, -0.1) is 0 Å². The van der Waals surface area contributed by atoms with Crippen molar-refractivity contribution in [2.24, 2.45) is 5.92 Å². The second-order valence-electron chi connectivity index (χ2n) is 8.20. The zero-order valence-electron chi connectivity index (χ0n) is 18.2. The second-order valence-corrected chi connectivity index (χ2v) is 10.1. The number of ether oxygens (including phenoxy) is 1. The quantitative estimate of drug-likeness (QED) is 0.711. The normalized spacial score (nSPS) is 22.8. The predicted octanol–water partition coefficient (Wildman–Crippen LogP) is 0.930. The van der Waals surface area contributed by atoms with Crippen LogP contribution in [0.4, 0.5) is 0 Å². The van der Waals surface area contributed by atoms with E-state index in [-0.39, 0.29) is 30.1 Å². The fourth-order valence-electron chi connectivity index (χ4n) is 3.18. The molecule has 8 heteroatoms. The summed E-state index contributed by atoms with van der Waals surface area (Å²) in [6.07, 6.45) is -0.197. The summed E-state index contributed by atoms with van der Waals surface area (Å²) in [5.74, 6) is 6.39. The van der Waals surface area contributed by atoms with E-state index in [1.165, 1.54) is 4.31 Å². The smallest absolute Gasteiger partial charge is 0.247 e. The number of fused-ring (bicyclic) bond motifs is 1.